The highest BCUT2D eigenvalue weighted by atomic mass is 79.9. The van der Waals surface area contributed by atoms with Crippen molar-refractivity contribution in [3.8, 4) is 0 Å². The third-order valence-corrected chi connectivity index (χ3v) is 0.975. The van der Waals surface area contributed by atoms with Crippen molar-refractivity contribution < 1.29 is 4.79 Å². The molecule has 0 aliphatic heterocycles. The third kappa shape index (κ3) is 2.48. The van der Waals surface area contributed by atoms with Gasteiger partial charge in [0.2, 0.25) is 5.91 Å². The maximum absolute atomic E-state index is 9.89. The van der Waals surface area contributed by atoms with Gasteiger partial charge >= 0.3 is 0 Å². The van der Waals surface area contributed by atoms with E-state index in [4.69, 9.17) is 11.8 Å². The summed E-state index contributed by atoms with van der Waals surface area (Å²) in [4.78, 5) is 9.89. The van der Waals surface area contributed by atoms with Crippen LogP contribution in [0.15, 0.2) is 0 Å². The minimum Gasteiger partial charge on any atom is -0.273 e. The molecule has 2 nitrogen and oxygen atoms in total. The smallest absolute Gasteiger partial charge is 0.244 e. The van der Waals surface area contributed by atoms with Crippen LogP contribution in [0.2, 0.25) is 0 Å². The van der Waals surface area contributed by atoms with E-state index in [1.165, 1.54) is 6.92 Å². The van der Waals surface area contributed by atoms with Crippen LogP contribution in [0.25, 0.3) is 0 Å². The van der Waals surface area contributed by atoms with Crippen LogP contribution in [0.5, 0.6) is 0 Å². The van der Waals surface area contributed by atoms with Crippen molar-refractivity contribution in [1.29, 1.82) is 0 Å². The van der Waals surface area contributed by atoms with Crippen LogP contribution in [0.4, 0.5) is 0 Å². The second-order valence-corrected chi connectivity index (χ2v) is 2.21. The van der Waals surface area contributed by atoms with Gasteiger partial charge in [0.1, 0.15) is 0 Å². The van der Waals surface area contributed by atoms with Crippen LogP contribution in [0.3, 0.4) is 0 Å². The van der Waals surface area contributed by atoms with Crippen molar-refractivity contribution >= 4 is 33.8 Å². The maximum Gasteiger partial charge on any atom is 0.244 e. The Labute approximate surface area is 49.5 Å². The Kier molecular flexibility index (Phi) is 2.52. The van der Waals surface area contributed by atoms with Gasteiger partial charge in [-0.1, -0.05) is 0 Å². The molecule has 0 heterocycles. The van der Waals surface area contributed by atoms with Crippen molar-refractivity contribution in [2.24, 2.45) is 0 Å². The van der Waals surface area contributed by atoms with Crippen LogP contribution >= 0.6 is 27.9 Å². The molecule has 0 atom stereocenters. The number of nitrogens with zero attached hydrogens (tertiary/aromatic N) is 1. The fourth-order valence-corrected chi connectivity index (χ4v) is 0. The molecular formula is C2H3BrClNO. The standard InChI is InChI=1S/C2H3BrClNO/c1-2(6)5(3)4/h1H3. The number of amides is 1. The van der Waals surface area contributed by atoms with Crippen molar-refractivity contribution in [2.75, 3.05) is 0 Å². The molecular weight excluding hydrogens is 169 g/mol. The topological polar surface area (TPSA) is 20.3 Å². The molecule has 0 spiro atoms. The second kappa shape index (κ2) is 2.42. The lowest BCUT2D eigenvalue weighted by atomic mass is 10.8. The summed E-state index contributed by atoms with van der Waals surface area (Å²) >= 11 is 7.70. The van der Waals surface area contributed by atoms with Gasteiger partial charge in [-0.2, -0.15) is 3.45 Å². The Bertz CT molecular complexity index is 64.6. The highest BCUT2D eigenvalue weighted by molar-refractivity contribution is 9.08. The van der Waals surface area contributed by atoms with Crippen LogP contribution in [-0.2, 0) is 4.79 Å². The van der Waals surface area contributed by atoms with E-state index < -0.39 is 0 Å². The van der Waals surface area contributed by atoms with Crippen molar-refractivity contribution in [3.05, 3.63) is 0 Å². The van der Waals surface area contributed by atoms with Crippen LogP contribution in [0.1, 0.15) is 6.92 Å². The summed E-state index contributed by atoms with van der Waals surface area (Å²) in [6.07, 6.45) is 0. The normalized spacial score (nSPS) is 7.83. The molecule has 0 unspecified atom stereocenters. The molecule has 6 heavy (non-hydrogen) atoms. The molecule has 36 valence electrons. The first kappa shape index (κ1) is 6.24. The molecule has 1 amide bonds. The summed E-state index contributed by atoms with van der Waals surface area (Å²) < 4.78 is 0.812. The predicted octanol–water partition coefficient (Wildman–Crippen LogP) is 1.30. The van der Waals surface area contributed by atoms with Gasteiger partial charge in [-0.3, -0.25) is 4.79 Å². The Balaban J connectivity index is 3.26. The first-order valence-electron chi connectivity index (χ1n) is 1.27. The van der Waals surface area contributed by atoms with Crippen LogP contribution in [0, 0.1) is 0 Å². The Morgan fingerprint density at radius 1 is 2.00 bits per heavy atom. The lowest BCUT2D eigenvalue weighted by molar-refractivity contribution is -0.120. The van der Waals surface area contributed by atoms with E-state index >= 15 is 0 Å². The summed E-state index contributed by atoms with van der Waals surface area (Å²) in [5, 5.41) is 0. The van der Waals surface area contributed by atoms with Crippen LogP contribution in [-0.4, -0.2) is 9.35 Å². The van der Waals surface area contributed by atoms with E-state index in [9.17, 15) is 4.79 Å². The zero-order valence-corrected chi connectivity index (χ0v) is 5.45. The summed E-state index contributed by atoms with van der Waals surface area (Å²) in [5.41, 5.74) is 0. The molecule has 0 aliphatic carbocycles. The predicted molar refractivity (Wildman–Crippen MR) is 27.3 cm³/mol. The highest BCUT2D eigenvalue weighted by Crippen LogP contribution is 1.99. The first-order valence-corrected chi connectivity index (χ1v) is 2.31. The molecule has 0 N–H and O–H groups in total. The summed E-state index contributed by atoms with van der Waals surface area (Å²) in [5.74, 6) is -0.225. The molecule has 4 heteroatoms. The lowest BCUT2D eigenvalue weighted by Crippen LogP contribution is -2.02. The van der Waals surface area contributed by atoms with E-state index in [-0.39, 0.29) is 5.91 Å². The van der Waals surface area contributed by atoms with Crippen LogP contribution < -0.4 is 0 Å². The van der Waals surface area contributed by atoms with Gasteiger partial charge in [0.15, 0.2) is 0 Å². The Hall–Kier alpha value is 0.240. The Morgan fingerprint density at radius 3 is 2.17 bits per heavy atom. The number of halogens is 2. The zero-order chi connectivity index (χ0) is 5.15. The van der Waals surface area contributed by atoms with Gasteiger partial charge in [0.25, 0.3) is 0 Å². The third-order valence-electron chi connectivity index (χ3n) is 0.238. The molecule has 0 aromatic rings. The lowest BCUT2D eigenvalue weighted by Gasteiger charge is -1.93. The number of carbonyl (C=O) groups is 1. The summed E-state index contributed by atoms with van der Waals surface area (Å²) in [7, 11) is 0. The number of carbonyl (C=O) groups excluding carboxylic acids is 1. The van der Waals surface area contributed by atoms with Crippen molar-refractivity contribution in [3.63, 3.8) is 0 Å². The average Bonchev–Trinajstić information content (AvgIpc) is 1.36. The number of rotatable bonds is 0. The van der Waals surface area contributed by atoms with Gasteiger partial charge in [-0.05, 0) is 0 Å². The maximum atomic E-state index is 9.89. The van der Waals surface area contributed by atoms with Gasteiger partial charge in [0.05, 0.1) is 16.1 Å². The van der Waals surface area contributed by atoms with E-state index in [2.05, 4.69) is 16.1 Å². The monoisotopic (exact) mass is 171 g/mol. The second-order valence-electron chi connectivity index (χ2n) is 0.752. The number of hydrogen-bond donors (Lipinski definition) is 0. The van der Waals surface area contributed by atoms with Gasteiger partial charge < -0.3 is 0 Å². The van der Waals surface area contributed by atoms with Gasteiger partial charge in [-0.15, -0.1) is 0 Å². The summed E-state index contributed by atoms with van der Waals surface area (Å²) in [6, 6.07) is 0. The van der Waals surface area contributed by atoms with E-state index in [0.717, 1.165) is 3.45 Å². The zero-order valence-electron chi connectivity index (χ0n) is 3.11. The Morgan fingerprint density at radius 2 is 2.17 bits per heavy atom. The summed E-state index contributed by atoms with van der Waals surface area (Å²) in [6.45, 7) is 1.35. The van der Waals surface area contributed by atoms with E-state index in [1.807, 2.05) is 0 Å². The molecule has 0 rings (SSSR count). The van der Waals surface area contributed by atoms with Gasteiger partial charge in [0, 0.05) is 18.7 Å². The fraction of sp³-hybridized carbons (Fsp3) is 0.500. The van der Waals surface area contributed by atoms with E-state index in [1.54, 1.807) is 0 Å². The quantitative estimate of drug-likeness (QED) is 0.504. The van der Waals surface area contributed by atoms with E-state index in [0.29, 0.717) is 0 Å². The molecule has 0 saturated heterocycles. The molecule has 0 aliphatic rings. The fourth-order valence-electron chi connectivity index (χ4n) is 0. The van der Waals surface area contributed by atoms with Gasteiger partial charge in [-0.25, -0.2) is 0 Å². The average molecular weight is 172 g/mol. The highest BCUT2D eigenvalue weighted by Gasteiger charge is 1.94. The molecule has 0 fully saturated rings. The molecule has 0 radical (unpaired) electrons. The SMILES string of the molecule is CC(=O)N(Cl)Br. The first-order chi connectivity index (χ1) is 2.64. The molecule has 0 saturated carbocycles. The van der Waals surface area contributed by atoms with Crippen molar-refractivity contribution in [2.45, 2.75) is 6.92 Å². The largest absolute Gasteiger partial charge is 0.273 e. The minimum absolute atomic E-state index is 0.225. The molecule has 0 bridgehead atoms. The minimum atomic E-state index is -0.225. The molecule has 0 aromatic heterocycles. The number of hydrogen-bond acceptors (Lipinski definition) is 1. The van der Waals surface area contributed by atoms with Crippen molar-refractivity contribution in [1.82, 2.24) is 3.45 Å². The molecule has 0 aromatic carbocycles.